The summed E-state index contributed by atoms with van der Waals surface area (Å²) in [5, 5.41) is 8.55. The molecule has 0 saturated heterocycles. The quantitative estimate of drug-likeness (QED) is 0.662. The average molecular weight is 279 g/mol. The number of carbonyl (C=O) groups is 2. The zero-order valence-corrected chi connectivity index (χ0v) is 12.1. The van der Waals surface area contributed by atoms with Crippen molar-refractivity contribution in [3.8, 4) is 0 Å². The number of carbonyl (C=O) groups excluding carboxylic acids is 2. The van der Waals surface area contributed by atoms with Crippen LogP contribution in [-0.4, -0.2) is 55.6 Å². The Bertz CT molecular complexity index is 462. The Morgan fingerprint density at radius 1 is 1.25 bits per heavy atom. The number of rotatable bonds is 6. The number of aromatic nitrogens is 1. The number of hydrogen-bond donors (Lipinski definition) is 3. The number of pyridine rings is 1. The van der Waals surface area contributed by atoms with E-state index < -0.39 is 0 Å². The summed E-state index contributed by atoms with van der Waals surface area (Å²) in [5.41, 5.74) is 1.16. The molecule has 1 aromatic heterocycles. The fourth-order valence-electron chi connectivity index (χ4n) is 1.45. The number of urea groups is 1. The standard InChI is InChI=1S/C13H21N5O2/c1-4-14-12(19)11-9-10(5-6-16-11)15-7-8-17-13(20)18(2)3/h5-6,9H,4,7-8H2,1-3H3,(H,14,19)(H,15,16)(H,17,20). The maximum absolute atomic E-state index is 11.6. The van der Waals surface area contributed by atoms with Crippen LogP contribution in [0, 0.1) is 0 Å². The van der Waals surface area contributed by atoms with Gasteiger partial charge in [0, 0.05) is 45.6 Å². The molecule has 1 aromatic rings. The number of anilines is 1. The van der Waals surface area contributed by atoms with Crippen LogP contribution in [0.5, 0.6) is 0 Å². The van der Waals surface area contributed by atoms with Crippen molar-refractivity contribution in [2.45, 2.75) is 6.92 Å². The summed E-state index contributed by atoms with van der Waals surface area (Å²) >= 11 is 0. The van der Waals surface area contributed by atoms with Crippen LogP contribution < -0.4 is 16.0 Å². The molecule has 0 aliphatic rings. The molecule has 1 rings (SSSR count). The zero-order chi connectivity index (χ0) is 15.0. The number of amides is 3. The Kier molecular flexibility index (Phi) is 6.28. The first-order valence-corrected chi connectivity index (χ1v) is 6.48. The smallest absolute Gasteiger partial charge is 0.316 e. The Morgan fingerprint density at radius 3 is 2.65 bits per heavy atom. The van der Waals surface area contributed by atoms with Gasteiger partial charge in [-0.3, -0.25) is 9.78 Å². The molecule has 20 heavy (non-hydrogen) atoms. The number of nitrogens with zero attached hydrogens (tertiary/aromatic N) is 2. The lowest BCUT2D eigenvalue weighted by atomic mass is 10.3. The summed E-state index contributed by atoms with van der Waals surface area (Å²) < 4.78 is 0. The normalized spacial score (nSPS) is 9.75. The maximum atomic E-state index is 11.6. The first kappa shape index (κ1) is 15.7. The van der Waals surface area contributed by atoms with Crippen LogP contribution in [0.3, 0.4) is 0 Å². The molecule has 3 amide bonds. The number of hydrogen-bond acceptors (Lipinski definition) is 4. The fourth-order valence-corrected chi connectivity index (χ4v) is 1.45. The van der Waals surface area contributed by atoms with Gasteiger partial charge in [-0.25, -0.2) is 4.79 Å². The van der Waals surface area contributed by atoms with Crippen molar-refractivity contribution < 1.29 is 9.59 Å². The van der Waals surface area contributed by atoms with Crippen molar-refractivity contribution in [3.05, 3.63) is 24.0 Å². The molecule has 7 heteroatoms. The summed E-state index contributed by atoms with van der Waals surface area (Å²) in [6, 6.07) is 3.32. The lowest BCUT2D eigenvalue weighted by Crippen LogP contribution is -2.37. The number of nitrogens with one attached hydrogen (secondary N) is 3. The molecule has 0 unspecified atom stereocenters. The van der Waals surface area contributed by atoms with E-state index in [4.69, 9.17) is 0 Å². The topological polar surface area (TPSA) is 86.4 Å². The fraction of sp³-hybridized carbons (Fsp3) is 0.462. The molecular formula is C13H21N5O2. The SMILES string of the molecule is CCNC(=O)c1cc(NCCNC(=O)N(C)C)ccn1. The highest BCUT2D eigenvalue weighted by Crippen LogP contribution is 2.07. The molecule has 0 aliphatic heterocycles. The van der Waals surface area contributed by atoms with Crippen molar-refractivity contribution >= 4 is 17.6 Å². The third kappa shape index (κ3) is 5.13. The van der Waals surface area contributed by atoms with Gasteiger partial charge in [0.2, 0.25) is 0 Å². The van der Waals surface area contributed by atoms with Crippen molar-refractivity contribution in [1.29, 1.82) is 0 Å². The molecule has 0 saturated carbocycles. The second kappa shape index (κ2) is 7.98. The highest BCUT2D eigenvalue weighted by Gasteiger charge is 2.06. The molecule has 7 nitrogen and oxygen atoms in total. The molecule has 0 bridgehead atoms. The molecule has 0 aromatic carbocycles. The van der Waals surface area contributed by atoms with Crippen LogP contribution in [0.25, 0.3) is 0 Å². The van der Waals surface area contributed by atoms with Crippen LogP contribution in [0.2, 0.25) is 0 Å². The van der Waals surface area contributed by atoms with Gasteiger partial charge in [-0.2, -0.15) is 0 Å². The first-order chi connectivity index (χ1) is 9.54. The molecule has 1 heterocycles. The van der Waals surface area contributed by atoms with E-state index in [2.05, 4.69) is 20.9 Å². The maximum Gasteiger partial charge on any atom is 0.316 e. The van der Waals surface area contributed by atoms with E-state index in [0.717, 1.165) is 5.69 Å². The van der Waals surface area contributed by atoms with Crippen LogP contribution >= 0.6 is 0 Å². The van der Waals surface area contributed by atoms with Gasteiger partial charge in [0.05, 0.1) is 0 Å². The van der Waals surface area contributed by atoms with Crippen LogP contribution in [0.1, 0.15) is 17.4 Å². The van der Waals surface area contributed by atoms with Gasteiger partial charge >= 0.3 is 6.03 Å². The van der Waals surface area contributed by atoms with Gasteiger partial charge < -0.3 is 20.9 Å². The predicted octanol–water partition coefficient (Wildman–Crippen LogP) is 0.514. The van der Waals surface area contributed by atoms with Crippen molar-refractivity contribution in [2.75, 3.05) is 39.0 Å². The second-order valence-corrected chi connectivity index (χ2v) is 4.34. The molecule has 0 aliphatic carbocycles. The van der Waals surface area contributed by atoms with Crippen molar-refractivity contribution in [3.63, 3.8) is 0 Å². The van der Waals surface area contributed by atoms with E-state index in [1.165, 1.54) is 4.90 Å². The highest BCUT2D eigenvalue weighted by molar-refractivity contribution is 5.93. The van der Waals surface area contributed by atoms with Gasteiger partial charge in [-0.05, 0) is 19.1 Å². The largest absolute Gasteiger partial charge is 0.383 e. The second-order valence-electron chi connectivity index (χ2n) is 4.34. The molecule has 0 atom stereocenters. The molecular weight excluding hydrogens is 258 g/mol. The Balaban J connectivity index is 2.43. The Hall–Kier alpha value is -2.31. The monoisotopic (exact) mass is 279 g/mol. The minimum Gasteiger partial charge on any atom is -0.383 e. The molecule has 3 N–H and O–H groups in total. The van der Waals surface area contributed by atoms with Crippen LogP contribution in [0.15, 0.2) is 18.3 Å². The van der Waals surface area contributed by atoms with Crippen molar-refractivity contribution in [1.82, 2.24) is 20.5 Å². The van der Waals surface area contributed by atoms with Gasteiger partial charge in [-0.15, -0.1) is 0 Å². The summed E-state index contributed by atoms with van der Waals surface area (Å²) in [6.45, 7) is 3.48. The van der Waals surface area contributed by atoms with Crippen molar-refractivity contribution in [2.24, 2.45) is 0 Å². The van der Waals surface area contributed by atoms with E-state index in [0.29, 0.717) is 25.3 Å². The van der Waals surface area contributed by atoms with E-state index in [1.54, 1.807) is 32.4 Å². The van der Waals surface area contributed by atoms with E-state index >= 15 is 0 Å². The van der Waals surface area contributed by atoms with Crippen LogP contribution in [0.4, 0.5) is 10.5 Å². The molecule has 0 radical (unpaired) electrons. The Morgan fingerprint density at radius 2 is 2.00 bits per heavy atom. The zero-order valence-electron chi connectivity index (χ0n) is 12.1. The lowest BCUT2D eigenvalue weighted by Gasteiger charge is -2.12. The summed E-state index contributed by atoms with van der Waals surface area (Å²) in [5.74, 6) is -0.197. The third-order valence-corrected chi connectivity index (χ3v) is 2.47. The molecule has 0 fully saturated rings. The van der Waals surface area contributed by atoms with Crippen LogP contribution in [-0.2, 0) is 0 Å². The molecule has 0 spiro atoms. The first-order valence-electron chi connectivity index (χ1n) is 6.48. The van der Waals surface area contributed by atoms with E-state index in [-0.39, 0.29) is 11.9 Å². The predicted molar refractivity (Wildman–Crippen MR) is 77.8 cm³/mol. The van der Waals surface area contributed by atoms with Gasteiger partial charge in [-0.1, -0.05) is 0 Å². The minimum atomic E-state index is -0.197. The van der Waals surface area contributed by atoms with Gasteiger partial charge in [0.1, 0.15) is 5.69 Å². The third-order valence-electron chi connectivity index (χ3n) is 2.47. The lowest BCUT2D eigenvalue weighted by molar-refractivity contribution is 0.0951. The summed E-state index contributed by atoms with van der Waals surface area (Å²) in [4.78, 5) is 28.4. The summed E-state index contributed by atoms with van der Waals surface area (Å²) in [6.07, 6.45) is 1.57. The summed E-state index contributed by atoms with van der Waals surface area (Å²) in [7, 11) is 3.37. The molecule has 110 valence electrons. The minimum absolute atomic E-state index is 0.135. The van der Waals surface area contributed by atoms with Gasteiger partial charge in [0.15, 0.2) is 0 Å². The average Bonchev–Trinajstić information content (AvgIpc) is 2.43. The van der Waals surface area contributed by atoms with E-state index in [9.17, 15) is 9.59 Å². The van der Waals surface area contributed by atoms with E-state index in [1.807, 2.05) is 6.92 Å². The Labute approximate surface area is 118 Å². The highest BCUT2D eigenvalue weighted by atomic mass is 16.2. The van der Waals surface area contributed by atoms with Gasteiger partial charge in [0.25, 0.3) is 5.91 Å².